The van der Waals surface area contributed by atoms with E-state index in [-0.39, 0.29) is 10.8 Å². The predicted octanol–water partition coefficient (Wildman–Crippen LogP) is 2.21. The van der Waals surface area contributed by atoms with Crippen molar-refractivity contribution in [1.29, 1.82) is 0 Å². The Balaban J connectivity index is 2.86. The fraction of sp³-hybridized carbons (Fsp3) is 0.167. The number of hydrogen-bond acceptors (Lipinski definition) is 3. The summed E-state index contributed by atoms with van der Waals surface area (Å²) in [6.07, 6.45) is 1.44. The van der Waals surface area contributed by atoms with Gasteiger partial charge in [-0.05, 0) is 31.5 Å². The Labute approximate surface area is 107 Å². The molecule has 2 heterocycles. The third kappa shape index (κ3) is 2.17. The molecule has 0 aliphatic rings. The van der Waals surface area contributed by atoms with E-state index in [4.69, 9.17) is 15.7 Å². The van der Waals surface area contributed by atoms with Gasteiger partial charge in [0.15, 0.2) is 0 Å². The number of nitrogens with zero attached hydrogens (tertiary/aromatic N) is 2. The minimum atomic E-state index is -2.56. The second-order valence-corrected chi connectivity index (χ2v) is 3.95. The molecule has 0 saturated heterocycles. The SMILES string of the molecule is [2H]C([2H])([2H])c1cc(O)cc(=O)n1-c1cc(Cl)ncc1C. The highest BCUT2D eigenvalue weighted by Gasteiger charge is 2.08. The Kier molecular flexibility index (Phi) is 2.06. The molecule has 0 amide bonds. The monoisotopic (exact) mass is 253 g/mol. The number of aromatic hydroxyl groups is 1. The van der Waals surface area contributed by atoms with Gasteiger partial charge in [0.2, 0.25) is 0 Å². The van der Waals surface area contributed by atoms with E-state index in [0.29, 0.717) is 11.3 Å². The van der Waals surface area contributed by atoms with Crippen LogP contribution in [0.2, 0.25) is 5.15 Å². The van der Waals surface area contributed by atoms with Crippen LogP contribution in [-0.4, -0.2) is 14.7 Å². The summed E-state index contributed by atoms with van der Waals surface area (Å²) in [5.41, 5.74) is -0.0248. The first-order valence-electron chi connectivity index (χ1n) is 6.29. The van der Waals surface area contributed by atoms with Gasteiger partial charge in [0.05, 0.1) is 5.69 Å². The van der Waals surface area contributed by atoms with Crippen molar-refractivity contribution in [2.75, 3.05) is 0 Å². The molecule has 0 aromatic carbocycles. The van der Waals surface area contributed by atoms with Gasteiger partial charge in [-0.3, -0.25) is 9.36 Å². The highest BCUT2D eigenvalue weighted by Crippen LogP contribution is 2.18. The van der Waals surface area contributed by atoms with Crippen LogP contribution in [0.3, 0.4) is 0 Å². The van der Waals surface area contributed by atoms with Gasteiger partial charge < -0.3 is 5.11 Å². The second kappa shape index (κ2) is 4.22. The molecule has 0 aliphatic heterocycles. The van der Waals surface area contributed by atoms with Gasteiger partial charge in [-0.1, -0.05) is 11.6 Å². The number of aryl methyl sites for hydroxylation is 2. The maximum Gasteiger partial charge on any atom is 0.258 e. The Hall–Kier alpha value is -1.81. The summed E-state index contributed by atoms with van der Waals surface area (Å²) >= 11 is 5.80. The minimum absolute atomic E-state index is 0.141. The maximum absolute atomic E-state index is 12.1. The van der Waals surface area contributed by atoms with Gasteiger partial charge in [-0.25, -0.2) is 4.98 Å². The first kappa shape index (κ1) is 8.31. The highest BCUT2D eigenvalue weighted by atomic mass is 35.5. The molecule has 2 rings (SSSR count). The molecule has 88 valence electrons. The van der Waals surface area contributed by atoms with Crippen LogP contribution in [-0.2, 0) is 0 Å². The van der Waals surface area contributed by atoms with Crippen molar-refractivity contribution in [1.82, 2.24) is 9.55 Å². The van der Waals surface area contributed by atoms with Crippen LogP contribution in [0.25, 0.3) is 5.69 Å². The number of hydrogen-bond donors (Lipinski definition) is 1. The number of pyridine rings is 2. The van der Waals surface area contributed by atoms with Crippen molar-refractivity contribution in [2.45, 2.75) is 13.8 Å². The lowest BCUT2D eigenvalue weighted by Crippen LogP contribution is -2.20. The molecule has 0 aliphatic carbocycles. The zero-order valence-electron chi connectivity index (χ0n) is 11.9. The topological polar surface area (TPSA) is 55.1 Å². The quantitative estimate of drug-likeness (QED) is 0.793. The second-order valence-electron chi connectivity index (χ2n) is 3.57. The predicted molar refractivity (Wildman–Crippen MR) is 66.0 cm³/mol. The van der Waals surface area contributed by atoms with Gasteiger partial charge in [0.25, 0.3) is 5.56 Å². The van der Waals surface area contributed by atoms with Crippen molar-refractivity contribution < 1.29 is 9.22 Å². The molecule has 0 radical (unpaired) electrons. The van der Waals surface area contributed by atoms with Crippen molar-refractivity contribution in [3.05, 3.63) is 51.2 Å². The van der Waals surface area contributed by atoms with Crippen molar-refractivity contribution in [3.8, 4) is 11.4 Å². The smallest absolute Gasteiger partial charge is 0.258 e. The summed E-state index contributed by atoms with van der Waals surface area (Å²) in [7, 11) is 0. The molecule has 2 aromatic heterocycles. The molecule has 0 atom stereocenters. The van der Waals surface area contributed by atoms with E-state index < -0.39 is 18.2 Å². The molecule has 5 heteroatoms. The van der Waals surface area contributed by atoms with Crippen LogP contribution in [0.15, 0.2) is 29.2 Å². The molecule has 0 unspecified atom stereocenters. The fourth-order valence-corrected chi connectivity index (χ4v) is 1.69. The lowest BCUT2D eigenvalue weighted by molar-refractivity contribution is 0.472. The molecule has 1 N–H and O–H groups in total. The van der Waals surface area contributed by atoms with E-state index in [1.807, 2.05) is 0 Å². The van der Waals surface area contributed by atoms with E-state index in [2.05, 4.69) is 4.98 Å². The average Bonchev–Trinajstić information content (AvgIpc) is 2.31. The van der Waals surface area contributed by atoms with Gasteiger partial charge in [-0.2, -0.15) is 0 Å². The largest absolute Gasteiger partial charge is 0.508 e. The summed E-state index contributed by atoms with van der Waals surface area (Å²) in [5.74, 6) is -0.393. The minimum Gasteiger partial charge on any atom is -0.508 e. The number of aromatic nitrogens is 2. The Morgan fingerprint density at radius 1 is 1.47 bits per heavy atom. The zero-order chi connectivity index (χ0) is 15.1. The molecule has 17 heavy (non-hydrogen) atoms. The Morgan fingerprint density at radius 3 is 2.94 bits per heavy atom. The number of rotatable bonds is 1. The van der Waals surface area contributed by atoms with E-state index in [9.17, 15) is 9.90 Å². The van der Waals surface area contributed by atoms with Crippen LogP contribution in [0.5, 0.6) is 5.75 Å². The average molecular weight is 254 g/mol. The molecule has 0 spiro atoms. The van der Waals surface area contributed by atoms with E-state index in [1.54, 1.807) is 6.92 Å². The standard InChI is InChI=1S/C12H11ClN2O2/c1-7-6-14-11(13)5-10(7)15-8(2)3-9(16)4-12(15)17/h3-6,16H,1-2H3/i2D3. The van der Waals surface area contributed by atoms with Crippen LogP contribution < -0.4 is 5.56 Å². The summed E-state index contributed by atoms with van der Waals surface area (Å²) < 4.78 is 23.5. The lowest BCUT2D eigenvalue weighted by Gasteiger charge is -2.12. The Bertz CT molecular complexity index is 726. The van der Waals surface area contributed by atoms with Crippen LogP contribution in [0.4, 0.5) is 0 Å². The summed E-state index contributed by atoms with van der Waals surface area (Å²) in [6.45, 7) is -0.874. The molecule has 2 aromatic rings. The summed E-state index contributed by atoms with van der Waals surface area (Å²) in [4.78, 5) is 15.9. The fourth-order valence-electron chi connectivity index (χ4n) is 1.53. The first-order chi connectivity index (χ1) is 9.20. The summed E-state index contributed by atoms with van der Waals surface area (Å²) in [5, 5.41) is 9.59. The lowest BCUT2D eigenvalue weighted by atomic mass is 10.2. The van der Waals surface area contributed by atoms with Gasteiger partial charge in [0.1, 0.15) is 10.9 Å². The normalized spacial score (nSPS) is 13.9. The van der Waals surface area contributed by atoms with Crippen LogP contribution in [0.1, 0.15) is 15.4 Å². The molecule has 4 nitrogen and oxygen atoms in total. The molecule has 0 saturated carbocycles. The third-order valence-corrected chi connectivity index (χ3v) is 2.51. The Morgan fingerprint density at radius 2 is 2.24 bits per heavy atom. The van der Waals surface area contributed by atoms with E-state index >= 15 is 0 Å². The van der Waals surface area contributed by atoms with Crippen molar-refractivity contribution in [3.63, 3.8) is 0 Å². The first-order valence-corrected chi connectivity index (χ1v) is 5.17. The summed E-state index contributed by atoms with van der Waals surface area (Å²) in [6, 6.07) is 3.40. The van der Waals surface area contributed by atoms with Gasteiger partial charge in [0, 0.05) is 22.1 Å². The molecular weight excluding hydrogens is 240 g/mol. The highest BCUT2D eigenvalue weighted by molar-refractivity contribution is 6.29. The maximum atomic E-state index is 12.1. The molecule has 0 bridgehead atoms. The van der Waals surface area contributed by atoms with Gasteiger partial charge >= 0.3 is 0 Å². The van der Waals surface area contributed by atoms with Crippen LogP contribution in [0, 0.1) is 13.8 Å². The molecular formula is C12H11ClN2O2. The van der Waals surface area contributed by atoms with Crippen molar-refractivity contribution >= 4 is 11.6 Å². The zero-order valence-corrected chi connectivity index (χ0v) is 9.69. The van der Waals surface area contributed by atoms with Crippen molar-refractivity contribution in [2.24, 2.45) is 0 Å². The van der Waals surface area contributed by atoms with Gasteiger partial charge in [-0.15, -0.1) is 0 Å². The van der Waals surface area contributed by atoms with E-state index in [0.717, 1.165) is 16.7 Å². The van der Waals surface area contributed by atoms with E-state index in [1.165, 1.54) is 12.3 Å². The third-order valence-electron chi connectivity index (χ3n) is 2.30. The van der Waals surface area contributed by atoms with Crippen LogP contribution >= 0.6 is 11.6 Å². The number of halogens is 1. The molecule has 0 fully saturated rings.